The zero-order valence-corrected chi connectivity index (χ0v) is 14.3. The number of rotatable bonds is 4. The van der Waals surface area contributed by atoms with Gasteiger partial charge in [0.15, 0.2) is 0 Å². The molecule has 0 spiro atoms. The second-order valence-corrected chi connectivity index (χ2v) is 8.68. The van der Waals surface area contributed by atoms with Crippen molar-refractivity contribution in [2.24, 2.45) is 5.92 Å². The van der Waals surface area contributed by atoms with Gasteiger partial charge in [0.1, 0.15) is 0 Å². The van der Waals surface area contributed by atoms with Gasteiger partial charge in [0, 0.05) is 11.5 Å². The summed E-state index contributed by atoms with van der Waals surface area (Å²) in [6.45, 7) is 3.93. The van der Waals surface area contributed by atoms with Crippen LogP contribution in [0.3, 0.4) is 0 Å². The SMILES string of the molecule is CC(C)(CC1CCC(c2ncc(Br)s2)CC1)NC(=O)O. The van der Waals surface area contributed by atoms with Gasteiger partial charge in [-0.3, -0.25) is 0 Å². The third-order valence-corrected chi connectivity index (χ3v) is 5.57. The first-order valence-corrected chi connectivity index (χ1v) is 8.59. The fraction of sp³-hybridized carbons (Fsp3) is 0.714. The molecule has 1 heterocycles. The zero-order chi connectivity index (χ0) is 14.8. The highest BCUT2D eigenvalue weighted by atomic mass is 79.9. The smallest absolute Gasteiger partial charge is 0.405 e. The van der Waals surface area contributed by atoms with Gasteiger partial charge in [0.25, 0.3) is 0 Å². The molecule has 2 N–H and O–H groups in total. The number of carboxylic acid groups (broad SMARTS) is 1. The second kappa shape index (κ2) is 6.43. The van der Waals surface area contributed by atoms with Gasteiger partial charge in [-0.1, -0.05) is 0 Å². The minimum absolute atomic E-state index is 0.340. The first-order valence-electron chi connectivity index (χ1n) is 6.98. The van der Waals surface area contributed by atoms with E-state index >= 15 is 0 Å². The van der Waals surface area contributed by atoms with Crippen molar-refractivity contribution in [1.82, 2.24) is 10.3 Å². The predicted octanol–water partition coefficient (Wildman–Crippen LogP) is 4.62. The Morgan fingerprint density at radius 2 is 2.15 bits per heavy atom. The first-order chi connectivity index (χ1) is 9.35. The largest absolute Gasteiger partial charge is 0.465 e. The molecule has 20 heavy (non-hydrogen) atoms. The van der Waals surface area contributed by atoms with Crippen LogP contribution in [0.5, 0.6) is 0 Å². The molecule has 0 atom stereocenters. The molecule has 0 radical (unpaired) electrons. The van der Waals surface area contributed by atoms with Gasteiger partial charge in [0.05, 0.1) is 15.0 Å². The van der Waals surface area contributed by atoms with Gasteiger partial charge < -0.3 is 10.4 Å². The molecule has 2 rings (SSSR count). The molecule has 0 bridgehead atoms. The molecule has 1 fully saturated rings. The highest BCUT2D eigenvalue weighted by Crippen LogP contribution is 2.40. The fourth-order valence-electron chi connectivity index (χ4n) is 3.13. The van der Waals surface area contributed by atoms with Crippen LogP contribution in [0.2, 0.25) is 0 Å². The first kappa shape index (κ1) is 15.8. The van der Waals surface area contributed by atoms with Crippen molar-refractivity contribution < 1.29 is 9.90 Å². The molecule has 0 aliphatic heterocycles. The number of nitrogens with zero attached hydrogens (tertiary/aromatic N) is 1. The normalized spacial score (nSPS) is 23.6. The Morgan fingerprint density at radius 3 is 2.65 bits per heavy atom. The van der Waals surface area contributed by atoms with Gasteiger partial charge in [-0.05, 0) is 67.8 Å². The number of carbonyl (C=O) groups is 1. The molecule has 0 aromatic carbocycles. The fourth-order valence-corrected chi connectivity index (χ4v) is 4.54. The molecule has 1 aromatic rings. The Hall–Kier alpha value is -0.620. The standard InChI is InChI=1S/C14H21BrN2O2S/c1-14(2,17-13(18)19)7-9-3-5-10(6-4-9)12-16-8-11(15)20-12/h8-10,17H,3-7H2,1-2H3,(H,18,19). The summed E-state index contributed by atoms with van der Waals surface area (Å²) < 4.78 is 1.10. The summed E-state index contributed by atoms with van der Waals surface area (Å²) in [5.41, 5.74) is -0.340. The average molecular weight is 361 g/mol. The van der Waals surface area contributed by atoms with Crippen LogP contribution >= 0.6 is 27.3 Å². The lowest BCUT2D eigenvalue weighted by molar-refractivity contribution is 0.171. The zero-order valence-electron chi connectivity index (χ0n) is 11.9. The Kier molecular flexibility index (Phi) is 5.07. The highest BCUT2D eigenvalue weighted by molar-refractivity contribution is 9.11. The summed E-state index contributed by atoms with van der Waals surface area (Å²) in [4.78, 5) is 15.2. The number of thiazole rings is 1. The Bertz CT molecular complexity index is 467. The lowest BCUT2D eigenvalue weighted by atomic mass is 9.77. The van der Waals surface area contributed by atoms with Gasteiger partial charge in [-0.25, -0.2) is 9.78 Å². The quantitative estimate of drug-likeness (QED) is 0.823. The number of nitrogens with one attached hydrogen (secondary N) is 1. The molecule has 1 aromatic heterocycles. The summed E-state index contributed by atoms with van der Waals surface area (Å²) in [6.07, 6.45) is 6.50. The Labute approximate surface area is 132 Å². The van der Waals surface area contributed by atoms with Crippen LogP contribution in [0.15, 0.2) is 9.98 Å². The van der Waals surface area contributed by atoms with Crippen molar-refractivity contribution in [3.05, 3.63) is 15.0 Å². The molecule has 0 saturated heterocycles. The van der Waals surface area contributed by atoms with E-state index in [9.17, 15) is 4.79 Å². The Balaban J connectivity index is 1.84. The van der Waals surface area contributed by atoms with E-state index in [-0.39, 0.29) is 5.54 Å². The molecule has 1 aliphatic rings. The van der Waals surface area contributed by atoms with E-state index in [0.29, 0.717) is 11.8 Å². The summed E-state index contributed by atoms with van der Waals surface area (Å²) in [6, 6.07) is 0. The third-order valence-electron chi connectivity index (χ3n) is 3.94. The van der Waals surface area contributed by atoms with Crippen LogP contribution in [0.25, 0.3) is 0 Å². The van der Waals surface area contributed by atoms with Crippen molar-refractivity contribution in [1.29, 1.82) is 0 Å². The highest BCUT2D eigenvalue weighted by Gasteiger charge is 2.29. The van der Waals surface area contributed by atoms with E-state index in [1.807, 2.05) is 20.0 Å². The number of hydrogen-bond acceptors (Lipinski definition) is 3. The molecule has 1 aliphatic carbocycles. The van der Waals surface area contributed by atoms with Crippen LogP contribution in [0, 0.1) is 5.92 Å². The van der Waals surface area contributed by atoms with Crippen LogP contribution in [-0.4, -0.2) is 21.7 Å². The van der Waals surface area contributed by atoms with E-state index < -0.39 is 6.09 Å². The van der Waals surface area contributed by atoms with Crippen LogP contribution in [0.4, 0.5) is 4.79 Å². The number of halogens is 1. The third kappa shape index (κ3) is 4.45. The molecular formula is C14H21BrN2O2S. The molecule has 4 nitrogen and oxygen atoms in total. The molecule has 112 valence electrons. The van der Waals surface area contributed by atoms with E-state index in [2.05, 4.69) is 26.2 Å². The molecular weight excluding hydrogens is 340 g/mol. The monoisotopic (exact) mass is 360 g/mol. The summed E-state index contributed by atoms with van der Waals surface area (Å²) in [7, 11) is 0. The maximum atomic E-state index is 10.8. The van der Waals surface area contributed by atoms with E-state index in [1.165, 1.54) is 5.01 Å². The summed E-state index contributed by atoms with van der Waals surface area (Å²) in [5.74, 6) is 1.19. The maximum absolute atomic E-state index is 10.8. The van der Waals surface area contributed by atoms with Gasteiger partial charge >= 0.3 is 6.09 Å². The van der Waals surface area contributed by atoms with Gasteiger partial charge in [-0.15, -0.1) is 11.3 Å². The second-order valence-electron chi connectivity index (χ2n) is 6.24. The van der Waals surface area contributed by atoms with E-state index in [0.717, 1.165) is 35.9 Å². The number of hydrogen-bond donors (Lipinski definition) is 2. The molecule has 1 amide bonds. The maximum Gasteiger partial charge on any atom is 0.405 e. The summed E-state index contributed by atoms with van der Waals surface area (Å²) >= 11 is 5.20. The van der Waals surface area contributed by atoms with E-state index in [1.54, 1.807) is 11.3 Å². The number of amides is 1. The topological polar surface area (TPSA) is 62.2 Å². The van der Waals surface area contributed by atoms with Crippen molar-refractivity contribution >= 4 is 33.4 Å². The van der Waals surface area contributed by atoms with E-state index in [4.69, 9.17) is 5.11 Å². The van der Waals surface area contributed by atoms with Crippen molar-refractivity contribution in [3.63, 3.8) is 0 Å². The lowest BCUT2D eigenvalue weighted by Gasteiger charge is -2.33. The minimum atomic E-state index is -0.934. The van der Waals surface area contributed by atoms with Crippen molar-refractivity contribution in [3.8, 4) is 0 Å². The van der Waals surface area contributed by atoms with Crippen LogP contribution < -0.4 is 5.32 Å². The van der Waals surface area contributed by atoms with Crippen molar-refractivity contribution in [2.45, 2.75) is 57.4 Å². The average Bonchev–Trinajstić information content (AvgIpc) is 2.74. The lowest BCUT2D eigenvalue weighted by Crippen LogP contribution is -2.44. The van der Waals surface area contributed by atoms with Gasteiger partial charge in [-0.2, -0.15) is 0 Å². The Morgan fingerprint density at radius 1 is 1.50 bits per heavy atom. The minimum Gasteiger partial charge on any atom is -0.465 e. The van der Waals surface area contributed by atoms with Crippen LogP contribution in [0.1, 0.15) is 56.9 Å². The molecule has 0 unspecified atom stereocenters. The molecule has 1 saturated carbocycles. The number of aromatic nitrogens is 1. The molecule has 6 heteroatoms. The van der Waals surface area contributed by atoms with Crippen LogP contribution in [-0.2, 0) is 0 Å². The van der Waals surface area contributed by atoms with Gasteiger partial charge in [0.2, 0.25) is 0 Å². The summed E-state index contributed by atoms with van der Waals surface area (Å²) in [5, 5.41) is 12.7. The predicted molar refractivity (Wildman–Crippen MR) is 84.4 cm³/mol. The van der Waals surface area contributed by atoms with Crippen molar-refractivity contribution in [2.75, 3.05) is 0 Å².